The van der Waals surface area contributed by atoms with Gasteiger partial charge < -0.3 is 14.8 Å². The number of hydrogen-bond donors (Lipinski definition) is 1. The predicted octanol–water partition coefficient (Wildman–Crippen LogP) is 5.46. The average molecular weight is 484 g/mol. The summed E-state index contributed by atoms with van der Waals surface area (Å²) >= 11 is 0. The van der Waals surface area contributed by atoms with E-state index >= 15 is 0 Å². The fourth-order valence-corrected chi connectivity index (χ4v) is 4.23. The molecule has 1 amide bonds. The van der Waals surface area contributed by atoms with Crippen molar-refractivity contribution in [2.75, 3.05) is 6.54 Å². The third-order valence-electron chi connectivity index (χ3n) is 6.00. The van der Waals surface area contributed by atoms with Gasteiger partial charge >= 0.3 is 5.97 Å². The first-order chi connectivity index (χ1) is 16.8. The number of carbonyl (C=O) groups is 3. The molecule has 1 fully saturated rings. The Labute approximate surface area is 210 Å². The van der Waals surface area contributed by atoms with Crippen LogP contribution in [0.2, 0.25) is 0 Å². The van der Waals surface area contributed by atoms with Crippen LogP contribution in [0.4, 0.5) is 0 Å². The average Bonchev–Trinajstić information content (AvgIpc) is 2.77. The normalized spacial score (nSPS) is 29.5. The minimum Gasteiger partial charge on any atom is -0.449 e. The Morgan fingerprint density at radius 1 is 1.09 bits per heavy atom. The van der Waals surface area contributed by atoms with E-state index in [1.165, 1.54) is 6.08 Å². The van der Waals surface area contributed by atoms with Crippen LogP contribution in [0.5, 0.6) is 0 Å². The number of fused-ring (bicyclic) bond motifs is 2. The lowest BCUT2D eigenvalue weighted by molar-refractivity contribution is -0.151. The predicted molar refractivity (Wildman–Crippen MR) is 139 cm³/mol. The van der Waals surface area contributed by atoms with Gasteiger partial charge in [-0.05, 0) is 45.6 Å². The maximum Gasteiger partial charge on any atom is 0.331 e. The van der Waals surface area contributed by atoms with Crippen LogP contribution in [0.25, 0.3) is 0 Å². The van der Waals surface area contributed by atoms with Gasteiger partial charge in [-0.15, -0.1) is 0 Å². The fraction of sp³-hybridized carbons (Fsp3) is 0.552. The number of ether oxygens (including phenoxy) is 2. The maximum atomic E-state index is 12.9. The molecule has 6 heteroatoms. The Bertz CT molecular complexity index is 880. The standard InChI is InChI=1S/C29H41NO5/c1-5-6-7-8-15-30-29(33)27-20-23(4)19-26-18-22(3)17-25(34-26)13-10-12-24(31)16-21(2)11-9-14-28(32)35-27/h9-12,14,19,25-27H,3,5-8,13,15-18,20H2,1-2,4H3,(H,30,33)/b12-10+,14-9+,21-11+,23-19+/t25-,26-,27?/m1/s1. The Balaban J connectivity index is 2.20. The first kappa shape index (κ1) is 28.5. The number of ketones is 1. The molecule has 35 heavy (non-hydrogen) atoms. The topological polar surface area (TPSA) is 81.7 Å². The molecule has 0 spiro atoms. The summed E-state index contributed by atoms with van der Waals surface area (Å²) in [5, 5.41) is 2.91. The van der Waals surface area contributed by atoms with Crippen molar-refractivity contribution < 1.29 is 23.9 Å². The first-order valence-electron chi connectivity index (χ1n) is 12.8. The molecule has 6 nitrogen and oxygen atoms in total. The molecule has 0 aromatic heterocycles. The number of rotatable bonds is 6. The summed E-state index contributed by atoms with van der Waals surface area (Å²) in [7, 11) is 0. The van der Waals surface area contributed by atoms with Crippen molar-refractivity contribution in [3.8, 4) is 0 Å². The Kier molecular flexibility index (Phi) is 12.5. The van der Waals surface area contributed by atoms with Gasteiger partial charge in [0.1, 0.15) is 0 Å². The summed E-state index contributed by atoms with van der Waals surface area (Å²) in [5.74, 6) is -0.893. The number of hydrogen-bond acceptors (Lipinski definition) is 5. The van der Waals surface area contributed by atoms with Crippen LogP contribution in [0.15, 0.2) is 59.8 Å². The van der Waals surface area contributed by atoms with Gasteiger partial charge in [-0.25, -0.2) is 4.79 Å². The largest absolute Gasteiger partial charge is 0.449 e. The molecular weight excluding hydrogens is 442 g/mol. The second-order valence-corrected chi connectivity index (χ2v) is 9.60. The van der Waals surface area contributed by atoms with Crippen LogP contribution in [-0.2, 0) is 23.9 Å². The van der Waals surface area contributed by atoms with Gasteiger partial charge in [0.15, 0.2) is 11.9 Å². The van der Waals surface area contributed by atoms with E-state index in [0.717, 1.165) is 48.8 Å². The molecule has 0 saturated carbocycles. The Hall–Kier alpha value is -2.73. The molecule has 2 heterocycles. The minimum atomic E-state index is -0.925. The number of amides is 1. The molecular formula is C29H41NO5. The molecule has 2 bridgehead atoms. The molecule has 0 aromatic rings. The smallest absolute Gasteiger partial charge is 0.331 e. The summed E-state index contributed by atoms with van der Waals surface area (Å²) in [6, 6.07) is 0. The highest BCUT2D eigenvalue weighted by molar-refractivity contribution is 5.91. The highest BCUT2D eigenvalue weighted by atomic mass is 16.5. The molecule has 0 aliphatic carbocycles. The lowest BCUT2D eigenvalue weighted by Crippen LogP contribution is -2.38. The van der Waals surface area contributed by atoms with Gasteiger partial charge in [-0.1, -0.05) is 73.8 Å². The van der Waals surface area contributed by atoms with Gasteiger partial charge in [-0.3, -0.25) is 9.59 Å². The SMILES string of the molecule is C=C1C[C@H]2C/C=C/C(=O)C/C(C)=C/C=C/C(=O)OC(C(=O)NCCCCCC)C/C(C)=C/[C@@H](C1)O2. The van der Waals surface area contributed by atoms with E-state index in [4.69, 9.17) is 9.47 Å². The monoisotopic (exact) mass is 483 g/mol. The summed E-state index contributed by atoms with van der Waals surface area (Å²) < 4.78 is 11.8. The van der Waals surface area contributed by atoms with Gasteiger partial charge in [0, 0.05) is 25.5 Å². The maximum absolute atomic E-state index is 12.9. The first-order valence-corrected chi connectivity index (χ1v) is 12.8. The van der Waals surface area contributed by atoms with E-state index in [-0.39, 0.29) is 30.3 Å². The summed E-state index contributed by atoms with van der Waals surface area (Å²) in [6.45, 7) is 10.6. The molecule has 3 atom stereocenters. The Morgan fingerprint density at radius 2 is 1.89 bits per heavy atom. The van der Waals surface area contributed by atoms with Crippen molar-refractivity contribution in [2.45, 2.75) is 96.9 Å². The zero-order valence-electron chi connectivity index (χ0n) is 21.5. The van der Waals surface area contributed by atoms with Crippen LogP contribution in [-0.4, -0.2) is 42.5 Å². The molecule has 0 radical (unpaired) electrons. The van der Waals surface area contributed by atoms with Gasteiger partial charge in [0.25, 0.3) is 5.91 Å². The van der Waals surface area contributed by atoms with Crippen LogP contribution in [0, 0.1) is 0 Å². The van der Waals surface area contributed by atoms with Crippen molar-refractivity contribution in [2.24, 2.45) is 0 Å². The van der Waals surface area contributed by atoms with Crippen molar-refractivity contribution in [3.63, 3.8) is 0 Å². The van der Waals surface area contributed by atoms with Gasteiger partial charge in [0.2, 0.25) is 0 Å². The molecule has 2 rings (SSSR count). The number of esters is 1. The van der Waals surface area contributed by atoms with Crippen molar-refractivity contribution in [1.82, 2.24) is 5.32 Å². The third kappa shape index (κ3) is 11.5. The summed E-state index contributed by atoms with van der Waals surface area (Å²) in [6.07, 6.45) is 15.7. The summed E-state index contributed by atoms with van der Waals surface area (Å²) in [5.41, 5.74) is 2.84. The number of carbonyl (C=O) groups excluding carboxylic acids is 3. The fourth-order valence-electron chi connectivity index (χ4n) is 4.23. The molecule has 1 N–H and O–H groups in total. The minimum absolute atomic E-state index is 0.00607. The van der Waals surface area contributed by atoms with E-state index < -0.39 is 12.1 Å². The quantitative estimate of drug-likeness (QED) is 0.308. The lowest BCUT2D eigenvalue weighted by Gasteiger charge is -2.30. The van der Waals surface area contributed by atoms with Gasteiger partial charge in [-0.2, -0.15) is 0 Å². The van der Waals surface area contributed by atoms with Crippen LogP contribution in [0.1, 0.15) is 78.6 Å². The van der Waals surface area contributed by atoms with Crippen molar-refractivity contribution in [3.05, 3.63) is 59.8 Å². The second kappa shape index (κ2) is 15.3. The number of allylic oxidation sites excluding steroid dienone is 4. The molecule has 1 saturated heterocycles. The van der Waals surface area contributed by atoms with E-state index in [1.807, 2.05) is 26.0 Å². The van der Waals surface area contributed by atoms with Crippen LogP contribution in [0.3, 0.4) is 0 Å². The van der Waals surface area contributed by atoms with Crippen LogP contribution >= 0.6 is 0 Å². The zero-order valence-corrected chi connectivity index (χ0v) is 21.5. The molecule has 2 aliphatic heterocycles. The van der Waals surface area contributed by atoms with Gasteiger partial charge in [0.05, 0.1) is 12.2 Å². The number of unbranched alkanes of at least 4 members (excludes halogenated alkanes) is 3. The second-order valence-electron chi connectivity index (χ2n) is 9.60. The molecule has 1 unspecified atom stereocenters. The van der Waals surface area contributed by atoms with E-state index in [0.29, 0.717) is 25.8 Å². The molecule has 0 aromatic carbocycles. The zero-order chi connectivity index (χ0) is 25.6. The van der Waals surface area contributed by atoms with Crippen LogP contribution < -0.4 is 5.32 Å². The number of cyclic esters (lactones) is 1. The van der Waals surface area contributed by atoms with E-state index in [1.54, 1.807) is 18.2 Å². The van der Waals surface area contributed by atoms with Crippen molar-refractivity contribution in [1.29, 1.82) is 0 Å². The van der Waals surface area contributed by atoms with E-state index in [9.17, 15) is 14.4 Å². The number of nitrogens with one attached hydrogen (secondary N) is 1. The molecule has 192 valence electrons. The third-order valence-corrected chi connectivity index (χ3v) is 6.00. The Morgan fingerprint density at radius 3 is 2.66 bits per heavy atom. The molecule has 2 aliphatic rings. The lowest BCUT2D eigenvalue weighted by atomic mass is 9.95. The highest BCUT2D eigenvalue weighted by Gasteiger charge is 2.25. The highest BCUT2D eigenvalue weighted by Crippen LogP contribution is 2.27. The van der Waals surface area contributed by atoms with Crippen molar-refractivity contribution >= 4 is 17.7 Å². The van der Waals surface area contributed by atoms with E-state index in [2.05, 4.69) is 18.8 Å². The summed E-state index contributed by atoms with van der Waals surface area (Å²) in [4.78, 5) is 37.5.